The molecule has 0 aliphatic carbocycles. The Morgan fingerprint density at radius 2 is 2.14 bits per heavy atom. The van der Waals surface area contributed by atoms with Crippen LogP contribution in [-0.4, -0.2) is 29.5 Å². The van der Waals surface area contributed by atoms with Crippen molar-refractivity contribution in [2.75, 3.05) is 7.11 Å². The van der Waals surface area contributed by atoms with Gasteiger partial charge in [0.25, 0.3) is 0 Å². The smallest absolute Gasteiger partial charge is 0.115 e. The number of aliphatic hydroxyl groups is 1. The summed E-state index contributed by atoms with van der Waals surface area (Å²) in [7, 11) is 1.57. The van der Waals surface area contributed by atoms with Crippen LogP contribution in [0.25, 0.3) is 0 Å². The van der Waals surface area contributed by atoms with Gasteiger partial charge in [-0.15, -0.1) is 0 Å². The van der Waals surface area contributed by atoms with E-state index in [1.807, 2.05) is 13.0 Å². The van der Waals surface area contributed by atoms with Crippen molar-refractivity contribution in [2.45, 2.75) is 25.6 Å². The predicted molar refractivity (Wildman–Crippen MR) is 54.3 cm³/mol. The van der Waals surface area contributed by atoms with Gasteiger partial charge < -0.3 is 14.9 Å². The van der Waals surface area contributed by atoms with Crippen LogP contribution < -0.4 is 0 Å². The average molecular weight is 196 g/mol. The van der Waals surface area contributed by atoms with E-state index < -0.39 is 6.10 Å². The van der Waals surface area contributed by atoms with Gasteiger partial charge in [-0.2, -0.15) is 0 Å². The SMILES string of the molecule is COC(C)C(O)Cc1cccc(O)c1. The van der Waals surface area contributed by atoms with Gasteiger partial charge in [-0.1, -0.05) is 12.1 Å². The van der Waals surface area contributed by atoms with E-state index in [4.69, 9.17) is 4.74 Å². The van der Waals surface area contributed by atoms with E-state index in [1.54, 1.807) is 25.3 Å². The number of hydrogen-bond acceptors (Lipinski definition) is 3. The van der Waals surface area contributed by atoms with Crippen molar-refractivity contribution in [3.63, 3.8) is 0 Å². The van der Waals surface area contributed by atoms with Crippen LogP contribution in [0.4, 0.5) is 0 Å². The fraction of sp³-hybridized carbons (Fsp3) is 0.455. The number of methoxy groups -OCH3 is 1. The molecule has 3 heteroatoms. The first-order chi connectivity index (χ1) is 6.63. The molecule has 0 aliphatic rings. The van der Waals surface area contributed by atoms with Crippen LogP contribution in [0.5, 0.6) is 5.75 Å². The molecule has 0 aliphatic heterocycles. The topological polar surface area (TPSA) is 49.7 Å². The Balaban J connectivity index is 2.60. The third kappa shape index (κ3) is 3.01. The van der Waals surface area contributed by atoms with Crippen LogP contribution in [0.15, 0.2) is 24.3 Å². The summed E-state index contributed by atoms with van der Waals surface area (Å²) in [6.45, 7) is 1.81. The lowest BCUT2D eigenvalue weighted by atomic mass is 10.0. The number of rotatable bonds is 4. The zero-order valence-corrected chi connectivity index (χ0v) is 8.47. The van der Waals surface area contributed by atoms with E-state index in [-0.39, 0.29) is 11.9 Å². The first-order valence-electron chi connectivity index (χ1n) is 4.62. The average Bonchev–Trinajstić information content (AvgIpc) is 2.16. The maximum atomic E-state index is 9.66. The Morgan fingerprint density at radius 3 is 2.71 bits per heavy atom. The molecule has 0 bridgehead atoms. The molecule has 3 nitrogen and oxygen atoms in total. The van der Waals surface area contributed by atoms with Gasteiger partial charge in [0.2, 0.25) is 0 Å². The first-order valence-corrected chi connectivity index (χ1v) is 4.62. The van der Waals surface area contributed by atoms with Crippen molar-refractivity contribution < 1.29 is 14.9 Å². The van der Waals surface area contributed by atoms with Crippen molar-refractivity contribution in [1.82, 2.24) is 0 Å². The fourth-order valence-corrected chi connectivity index (χ4v) is 1.25. The van der Waals surface area contributed by atoms with Crippen molar-refractivity contribution >= 4 is 0 Å². The Bertz CT molecular complexity index is 286. The zero-order chi connectivity index (χ0) is 10.6. The molecule has 14 heavy (non-hydrogen) atoms. The third-order valence-electron chi connectivity index (χ3n) is 2.27. The normalized spacial score (nSPS) is 15.1. The molecule has 0 saturated carbocycles. The minimum absolute atomic E-state index is 0.197. The molecular formula is C11H16O3. The van der Waals surface area contributed by atoms with Gasteiger partial charge in [-0.25, -0.2) is 0 Å². The molecule has 0 aromatic heterocycles. The van der Waals surface area contributed by atoms with Gasteiger partial charge in [0.15, 0.2) is 0 Å². The van der Waals surface area contributed by atoms with Crippen LogP contribution in [-0.2, 0) is 11.2 Å². The highest BCUT2D eigenvalue weighted by Crippen LogP contribution is 2.14. The summed E-state index contributed by atoms with van der Waals surface area (Å²) >= 11 is 0. The van der Waals surface area contributed by atoms with Gasteiger partial charge in [-0.05, 0) is 24.6 Å². The zero-order valence-electron chi connectivity index (χ0n) is 8.47. The molecule has 78 valence electrons. The number of aliphatic hydroxyl groups excluding tert-OH is 1. The summed E-state index contributed by atoms with van der Waals surface area (Å²) in [6.07, 6.45) is -0.247. The molecule has 1 aromatic carbocycles. The lowest BCUT2D eigenvalue weighted by Crippen LogP contribution is -2.26. The second-order valence-corrected chi connectivity index (χ2v) is 3.38. The van der Waals surface area contributed by atoms with E-state index in [1.165, 1.54) is 0 Å². The molecule has 2 atom stereocenters. The van der Waals surface area contributed by atoms with Crippen LogP contribution >= 0.6 is 0 Å². The summed E-state index contributed by atoms with van der Waals surface area (Å²) in [6, 6.07) is 6.88. The molecule has 2 unspecified atom stereocenters. The molecule has 0 saturated heterocycles. The van der Waals surface area contributed by atoms with Crippen molar-refractivity contribution in [1.29, 1.82) is 0 Å². The number of aromatic hydroxyl groups is 1. The molecular weight excluding hydrogens is 180 g/mol. The van der Waals surface area contributed by atoms with E-state index in [0.717, 1.165) is 5.56 Å². The molecule has 0 fully saturated rings. The predicted octanol–water partition coefficient (Wildman–Crippen LogP) is 1.33. The summed E-state index contributed by atoms with van der Waals surface area (Å²) in [5.74, 6) is 0.222. The number of phenols is 1. The molecule has 0 amide bonds. The van der Waals surface area contributed by atoms with E-state index in [9.17, 15) is 10.2 Å². The van der Waals surface area contributed by atoms with E-state index >= 15 is 0 Å². The quantitative estimate of drug-likeness (QED) is 0.763. The van der Waals surface area contributed by atoms with Crippen molar-refractivity contribution in [2.24, 2.45) is 0 Å². The highest BCUT2D eigenvalue weighted by Gasteiger charge is 2.13. The maximum absolute atomic E-state index is 9.66. The summed E-state index contributed by atoms with van der Waals surface area (Å²) < 4.78 is 5.00. The van der Waals surface area contributed by atoms with Gasteiger partial charge in [-0.3, -0.25) is 0 Å². The summed E-state index contributed by atoms with van der Waals surface area (Å²) in [4.78, 5) is 0. The fourth-order valence-electron chi connectivity index (χ4n) is 1.25. The summed E-state index contributed by atoms with van der Waals surface area (Å²) in [5.41, 5.74) is 0.904. The van der Waals surface area contributed by atoms with Gasteiger partial charge in [0.05, 0.1) is 12.2 Å². The molecule has 0 heterocycles. The number of benzene rings is 1. The van der Waals surface area contributed by atoms with Gasteiger partial charge in [0, 0.05) is 13.5 Å². The highest BCUT2D eigenvalue weighted by molar-refractivity contribution is 5.27. The van der Waals surface area contributed by atoms with Crippen molar-refractivity contribution in [3.05, 3.63) is 29.8 Å². The van der Waals surface area contributed by atoms with E-state index in [0.29, 0.717) is 6.42 Å². The Morgan fingerprint density at radius 1 is 1.43 bits per heavy atom. The lowest BCUT2D eigenvalue weighted by molar-refractivity contribution is 0.000392. The molecule has 0 spiro atoms. The van der Waals surface area contributed by atoms with Crippen LogP contribution in [0.3, 0.4) is 0 Å². The number of ether oxygens (including phenoxy) is 1. The second-order valence-electron chi connectivity index (χ2n) is 3.38. The number of phenolic OH excluding ortho intramolecular Hbond substituents is 1. The maximum Gasteiger partial charge on any atom is 0.115 e. The lowest BCUT2D eigenvalue weighted by Gasteiger charge is -2.17. The van der Waals surface area contributed by atoms with E-state index in [2.05, 4.69) is 0 Å². The highest BCUT2D eigenvalue weighted by atomic mass is 16.5. The van der Waals surface area contributed by atoms with Crippen LogP contribution in [0.1, 0.15) is 12.5 Å². The first kappa shape index (κ1) is 11.0. The Hall–Kier alpha value is -1.06. The van der Waals surface area contributed by atoms with Crippen molar-refractivity contribution in [3.8, 4) is 5.75 Å². The van der Waals surface area contributed by atoms with Crippen LogP contribution in [0, 0.1) is 0 Å². The Kier molecular flexibility index (Phi) is 3.92. The third-order valence-corrected chi connectivity index (χ3v) is 2.27. The largest absolute Gasteiger partial charge is 0.508 e. The van der Waals surface area contributed by atoms with Gasteiger partial charge >= 0.3 is 0 Å². The molecule has 1 rings (SSSR count). The molecule has 0 radical (unpaired) electrons. The monoisotopic (exact) mass is 196 g/mol. The molecule has 1 aromatic rings. The Labute approximate surface area is 84.0 Å². The standard InChI is InChI=1S/C11H16O3/c1-8(14-2)11(13)7-9-4-3-5-10(12)6-9/h3-6,8,11-13H,7H2,1-2H3. The van der Waals surface area contributed by atoms with Crippen LogP contribution in [0.2, 0.25) is 0 Å². The second kappa shape index (κ2) is 4.98. The minimum Gasteiger partial charge on any atom is -0.508 e. The number of hydrogen-bond donors (Lipinski definition) is 2. The summed E-state index contributed by atoms with van der Waals surface area (Å²) in [5, 5.41) is 18.9. The van der Waals surface area contributed by atoms with Gasteiger partial charge in [0.1, 0.15) is 5.75 Å². The molecule has 2 N–H and O–H groups in total. The minimum atomic E-state index is -0.540.